The summed E-state index contributed by atoms with van der Waals surface area (Å²) in [4.78, 5) is 55.6. The molecule has 14 heteroatoms. The first-order chi connectivity index (χ1) is 16.6. The standard InChI is InChI=1S/C20H20N8O4S2/c1-32-20(31)23-7-16(30)28-4-2-3-12(28)17-21-5-11(25-17)13-6-22-18(33-13)14-8-27-9-15(24-10-29)26-19(27)34-14/h5-6,8-10,12H,2-4,7H2,1H3,(H,21,25)(H,23,31)(H,24,29)/t12-/m0/s1. The quantitative estimate of drug-likeness (QED) is 0.330. The van der Waals surface area contributed by atoms with Crippen LogP contribution in [0, 0.1) is 0 Å². The second-order valence-corrected chi connectivity index (χ2v) is 9.52. The Balaban J connectivity index is 1.30. The molecule has 1 aliphatic rings. The van der Waals surface area contributed by atoms with Gasteiger partial charge in [-0.15, -0.1) is 11.3 Å². The fourth-order valence-corrected chi connectivity index (χ4v) is 5.73. The largest absolute Gasteiger partial charge is 0.453 e. The molecule has 3 amide bonds. The van der Waals surface area contributed by atoms with E-state index in [9.17, 15) is 14.4 Å². The van der Waals surface area contributed by atoms with Gasteiger partial charge in [-0.1, -0.05) is 11.3 Å². The Kier molecular flexibility index (Phi) is 5.98. The maximum Gasteiger partial charge on any atom is 0.407 e. The van der Waals surface area contributed by atoms with Crippen molar-refractivity contribution in [2.45, 2.75) is 18.9 Å². The summed E-state index contributed by atoms with van der Waals surface area (Å²) in [5.41, 5.74) is 0.824. The fraction of sp³-hybridized carbons (Fsp3) is 0.300. The van der Waals surface area contributed by atoms with Crippen molar-refractivity contribution in [2.24, 2.45) is 0 Å². The average Bonchev–Trinajstić information content (AvgIpc) is 3.62. The Morgan fingerprint density at radius 2 is 2.15 bits per heavy atom. The highest BCUT2D eigenvalue weighted by Crippen LogP contribution is 2.37. The monoisotopic (exact) mass is 500 g/mol. The molecule has 1 saturated heterocycles. The van der Waals surface area contributed by atoms with E-state index in [0.29, 0.717) is 24.6 Å². The van der Waals surface area contributed by atoms with Crippen LogP contribution >= 0.6 is 22.7 Å². The van der Waals surface area contributed by atoms with Crippen LogP contribution in [-0.2, 0) is 14.3 Å². The minimum atomic E-state index is -0.637. The number of amides is 3. The van der Waals surface area contributed by atoms with Gasteiger partial charge in [-0.2, -0.15) is 0 Å². The number of hydrogen-bond donors (Lipinski definition) is 3. The number of likely N-dealkylation sites (tertiary alicyclic amines) is 1. The van der Waals surface area contributed by atoms with E-state index in [4.69, 9.17) is 0 Å². The first kappa shape index (κ1) is 22.0. The molecule has 1 aliphatic heterocycles. The van der Waals surface area contributed by atoms with Gasteiger partial charge in [0.15, 0.2) is 10.8 Å². The molecule has 0 bridgehead atoms. The molecular weight excluding hydrogens is 480 g/mol. The van der Waals surface area contributed by atoms with Crippen LogP contribution in [0.2, 0.25) is 0 Å². The molecule has 0 aliphatic carbocycles. The van der Waals surface area contributed by atoms with Crippen molar-refractivity contribution >= 4 is 51.9 Å². The minimum Gasteiger partial charge on any atom is -0.453 e. The zero-order valence-corrected chi connectivity index (χ0v) is 19.6. The maximum absolute atomic E-state index is 12.6. The van der Waals surface area contributed by atoms with Crippen LogP contribution in [-0.4, -0.2) is 67.8 Å². The summed E-state index contributed by atoms with van der Waals surface area (Å²) in [6.45, 7) is 0.489. The van der Waals surface area contributed by atoms with Crippen molar-refractivity contribution < 1.29 is 19.1 Å². The Labute approximate surface area is 201 Å². The third kappa shape index (κ3) is 4.24. The molecule has 176 valence electrons. The average molecular weight is 501 g/mol. The van der Waals surface area contributed by atoms with Gasteiger partial charge in [-0.25, -0.2) is 19.7 Å². The first-order valence-corrected chi connectivity index (χ1v) is 12.0. The number of aromatic nitrogens is 5. The van der Waals surface area contributed by atoms with E-state index in [0.717, 1.165) is 38.3 Å². The molecule has 12 nitrogen and oxygen atoms in total. The van der Waals surface area contributed by atoms with Crippen LogP contribution in [0.4, 0.5) is 10.6 Å². The number of nitrogens with zero attached hydrogens (tertiary/aromatic N) is 5. The lowest BCUT2D eigenvalue weighted by Gasteiger charge is -2.23. The molecule has 0 aromatic carbocycles. The number of rotatable bonds is 7. The first-order valence-electron chi connectivity index (χ1n) is 10.4. The molecule has 34 heavy (non-hydrogen) atoms. The Bertz CT molecular complexity index is 1320. The summed E-state index contributed by atoms with van der Waals surface area (Å²) < 4.78 is 6.37. The van der Waals surface area contributed by atoms with Crippen LogP contribution in [0.1, 0.15) is 24.7 Å². The van der Waals surface area contributed by atoms with Crippen LogP contribution < -0.4 is 10.6 Å². The topological polar surface area (TPSA) is 147 Å². The van der Waals surface area contributed by atoms with Gasteiger partial charge in [0.1, 0.15) is 17.4 Å². The molecule has 0 unspecified atom stereocenters. The number of methoxy groups -OCH3 is 1. The van der Waals surface area contributed by atoms with Gasteiger partial charge < -0.3 is 25.3 Å². The van der Waals surface area contributed by atoms with E-state index in [-0.39, 0.29) is 18.5 Å². The van der Waals surface area contributed by atoms with E-state index >= 15 is 0 Å². The summed E-state index contributed by atoms with van der Waals surface area (Å²) >= 11 is 3.00. The lowest BCUT2D eigenvalue weighted by molar-refractivity contribution is -0.131. The van der Waals surface area contributed by atoms with Gasteiger partial charge >= 0.3 is 6.09 Å². The highest BCUT2D eigenvalue weighted by molar-refractivity contribution is 7.25. The van der Waals surface area contributed by atoms with Crippen molar-refractivity contribution in [1.82, 2.24) is 34.6 Å². The van der Waals surface area contributed by atoms with Gasteiger partial charge in [0.05, 0.1) is 41.0 Å². The van der Waals surface area contributed by atoms with Gasteiger partial charge in [0, 0.05) is 18.9 Å². The van der Waals surface area contributed by atoms with Crippen LogP contribution in [0.25, 0.3) is 25.4 Å². The van der Waals surface area contributed by atoms with Crippen molar-refractivity contribution in [1.29, 1.82) is 0 Å². The predicted molar refractivity (Wildman–Crippen MR) is 126 cm³/mol. The molecule has 5 heterocycles. The molecule has 1 atom stereocenters. The molecular formula is C20H20N8O4S2. The molecule has 5 rings (SSSR count). The number of carbonyl (C=O) groups excluding carboxylic acids is 3. The Morgan fingerprint density at radius 3 is 2.94 bits per heavy atom. The third-order valence-corrected chi connectivity index (χ3v) is 7.59. The van der Waals surface area contributed by atoms with E-state index in [1.165, 1.54) is 29.8 Å². The van der Waals surface area contributed by atoms with Crippen molar-refractivity contribution in [3.05, 3.63) is 30.6 Å². The summed E-state index contributed by atoms with van der Waals surface area (Å²) in [6, 6.07) is -0.174. The highest BCUT2D eigenvalue weighted by atomic mass is 32.1. The zero-order valence-electron chi connectivity index (χ0n) is 18.0. The summed E-state index contributed by atoms with van der Waals surface area (Å²) in [7, 11) is 1.26. The normalized spacial score (nSPS) is 15.6. The number of anilines is 1. The number of imidazole rings is 2. The van der Waals surface area contributed by atoms with E-state index < -0.39 is 6.09 Å². The smallest absolute Gasteiger partial charge is 0.407 e. The fourth-order valence-electron chi connectivity index (χ4n) is 3.84. The molecule has 3 N–H and O–H groups in total. The molecule has 4 aromatic heterocycles. The van der Waals surface area contributed by atoms with E-state index in [2.05, 4.69) is 35.3 Å². The van der Waals surface area contributed by atoms with Crippen molar-refractivity contribution in [3.8, 4) is 20.5 Å². The highest BCUT2D eigenvalue weighted by Gasteiger charge is 2.32. The number of aromatic amines is 1. The van der Waals surface area contributed by atoms with Gasteiger partial charge in [-0.3, -0.25) is 14.0 Å². The molecule has 0 saturated carbocycles. The van der Waals surface area contributed by atoms with E-state index in [1.54, 1.807) is 23.5 Å². The van der Waals surface area contributed by atoms with E-state index in [1.807, 2.05) is 10.6 Å². The second kappa shape index (κ2) is 9.23. The Morgan fingerprint density at radius 1 is 1.26 bits per heavy atom. The molecule has 0 spiro atoms. The van der Waals surface area contributed by atoms with Crippen molar-refractivity contribution in [3.63, 3.8) is 0 Å². The zero-order chi connectivity index (χ0) is 23.7. The maximum atomic E-state index is 12.6. The number of nitrogens with one attached hydrogen (secondary N) is 3. The van der Waals surface area contributed by atoms with Gasteiger partial charge in [0.2, 0.25) is 12.3 Å². The SMILES string of the molecule is COC(=O)NCC(=O)N1CCC[C@H]1c1ncc(-c2cnc(-c3cn4cc(NC=O)nc4s3)s2)[nH]1. The van der Waals surface area contributed by atoms with Gasteiger partial charge in [0.25, 0.3) is 0 Å². The predicted octanol–water partition coefficient (Wildman–Crippen LogP) is 2.50. The number of H-pyrrole nitrogens is 1. The summed E-state index contributed by atoms with van der Waals surface area (Å²) in [6.07, 6.45) is 8.82. The summed E-state index contributed by atoms with van der Waals surface area (Å²) in [5.74, 6) is 1.02. The number of carbonyl (C=O) groups is 3. The Hall–Kier alpha value is -3.78. The summed E-state index contributed by atoms with van der Waals surface area (Å²) in [5, 5.41) is 5.82. The number of thiazole rings is 2. The minimum absolute atomic E-state index is 0.119. The number of hydrogen-bond acceptors (Lipinski definition) is 9. The lowest BCUT2D eigenvalue weighted by atomic mass is 10.2. The van der Waals surface area contributed by atoms with Crippen LogP contribution in [0.5, 0.6) is 0 Å². The third-order valence-electron chi connectivity index (χ3n) is 5.40. The molecule has 1 fully saturated rings. The van der Waals surface area contributed by atoms with Crippen LogP contribution in [0.15, 0.2) is 24.8 Å². The number of fused-ring (bicyclic) bond motifs is 1. The van der Waals surface area contributed by atoms with Crippen molar-refractivity contribution in [2.75, 3.05) is 25.5 Å². The van der Waals surface area contributed by atoms with Gasteiger partial charge in [-0.05, 0) is 12.8 Å². The lowest BCUT2D eigenvalue weighted by Crippen LogP contribution is -2.40. The number of alkyl carbamates (subject to hydrolysis) is 1. The second-order valence-electron chi connectivity index (χ2n) is 7.48. The molecule has 4 aromatic rings. The van der Waals surface area contributed by atoms with Crippen LogP contribution in [0.3, 0.4) is 0 Å². The number of ether oxygens (including phenoxy) is 1. The molecule has 0 radical (unpaired) electrons.